The van der Waals surface area contributed by atoms with Gasteiger partial charge in [-0.15, -0.1) is 0 Å². The van der Waals surface area contributed by atoms with E-state index in [9.17, 15) is 8.42 Å². The van der Waals surface area contributed by atoms with E-state index in [4.69, 9.17) is 0 Å². The first-order valence-corrected chi connectivity index (χ1v) is 11.5. The Kier molecular flexibility index (Phi) is 6.59. The van der Waals surface area contributed by atoms with E-state index in [-0.39, 0.29) is 12.1 Å². The highest BCUT2D eigenvalue weighted by atomic mass is 32.2. The fourth-order valence-electron chi connectivity index (χ4n) is 4.16. The minimum atomic E-state index is -3.39. The zero-order valence-corrected chi connectivity index (χ0v) is 17.0. The molecule has 6 heteroatoms. The number of anilines is 1. The molecule has 0 aromatic heterocycles. The van der Waals surface area contributed by atoms with Crippen LogP contribution in [0.15, 0.2) is 24.3 Å². The standard InChI is InChI=1S/C20H33N3O2S/c1-3-17-8-7-11-20(16-17)23-14-12-18(13-15-23)21-26(24,25)22(2)19-9-5-4-6-10-19/h7-8,11,16,18-19,21H,3-6,9-10,12-15H2,1-2H3. The summed E-state index contributed by atoms with van der Waals surface area (Å²) in [5.41, 5.74) is 2.60. The van der Waals surface area contributed by atoms with E-state index in [1.165, 1.54) is 17.7 Å². The van der Waals surface area contributed by atoms with Gasteiger partial charge in [-0.1, -0.05) is 38.3 Å². The Morgan fingerprint density at radius 1 is 1.12 bits per heavy atom. The van der Waals surface area contributed by atoms with Gasteiger partial charge in [0.05, 0.1) is 0 Å². The minimum Gasteiger partial charge on any atom is -0.371 e. The lowest BCUT2D eigenvalue weighted by Gasteiger charge is -2.36. The number of nitrogens with zero attached hydrogens (tertiary/aromatic N) is 2. The second-order valence-corrected chi connectivity index (χ2v) is 9.48. The summed E-state index contributed by atoms with van der Waals surface area (Å²) < 4.78 is 30.0. The van der Waals surface area contributed by atoms with Crippen molar-refractivity contribution in [2.24, 2.45) is 0 Å². The molecule has 0 bridgehead atoms. The maximum absolute atomic E-state index is 12.7. The first-order valence-electron chi connectivity index (χ1n) is 10.1. The fourth-order valence-corrected chi connectivity index (χ4v) is 5.59. The van der Waals surface area contributed by atoms with Crippen molar-refractivity contribution >= 4 is 15.9 Å². The topological polar surface area (TPSA) is 52.7 Å². The van der Waals surface area contributed by atoms with Crippen molar-refractivity contribution in [1.82, 2.24) is 9.03 Å². The van der Waals surface area contributed by atoms with Crippen LogP contribution in [0.5, 0.6) is 0 Å². The van der Waals surface area contributed by atoms with Crippen LogP contribution in [-0.2, 0) is 16.6 Å². The number of piperidine rings is 1. The lowest BCUT2D eigenvalue weighted by molar-refractivity contribution is 0.280. The molecule has 1 N–H and O–H groups in total. The van der Waals surface area contributed by atoms with Crippen LogP contribution in [0.2, 0.25) is 0 Å². The van der Waals surface area contributed by atoms with E-state index in [1.807, 2.05) is 0 Å². The van der Waals surface area contributed by atoms with Crippen molar-refractivity contribution in [3.8, 4) is 0 Å². The highest BCUT2D eigenvalue weighted by molar-refractivity contribution is 7.87. The van der Waals surface area contributed by atoms with Gasteiger partial charge in [0.1, 0.15) is 0 Å². The third-order valence-electron chi connectivity index (χ3n) is 5.96. The summed E-state index contributed by atoms with van der Waals surface area (Å²) in [7, 11) is -1.65. The number of hydrogen-bond donors (Lipinski definition) is 1. The molecule has 0 unspecified atom stereocenters. The van der Waals surface area contributed by atoms with Crippen molar-refractivity contribution in [2.45, 2.75) is 70.4 Å². The van der Waals surface area contributed by atoms with Crippen LogP contribution in [0.25, 0.3) is 0 Å². The van der Waals surface area contributed by atoms with E-state index in [2.05, 4.69) is 40.8 Å². The van der Waals surface area contributed by atoms with Gasteiger partial charge in [0.25, 0.3) is 10.2 Å². The van der Waals surface area contributed by atoms with Crippen molar-refractivity contribution in [1.29, 1.82) is 0 Å². The molecule has 1 saturated heterocycles. The molecule has 0 spiro atoms. The largest absolute Gasteiger partial charge is 0.371 e. The molecule has 0 amide bonds. The van der Waals surface area contributed by atoms with Gasteiger partial charge in [-0.3, -0.25) is 0 Å². The van der Waals surface area contributed by atoms with E-state index in [1.54, 1.807) is 11.4 Å². The van der Waals surface area contributed by atoms with Gasteiger partial charge in [-0.25, -0.2) is 0 Å². The molecule has 1 aliphatic carbocycles. The van der Waals surface area contributed by atoms with Gasteiger partial charge < -0.3 is 4.90 Å². The van der Waals surface area contributed by atoms with E-state index < -0.39 is 10.2 Å². The molecule has 0 radical (unpaired) electrons. The number of nitrogens with one attached hydrogen (secondary N) is 1. The summed E-state index contributed by atoms with van der Waals surface area (Å²) in [6, 6.07) is 8.88. The Morgan fingerprint density at radius 2 is 1.81 bits per heavy atom. The molecular formula is C20H33N3O2S. The Bertz CT molecular complexity index is 678. The smallest absolute Gasteiger partial charge is 0.279 e. The van der Waals surface area contributed by atoms with Crippen LogP contribution in [-0.4, -0.2) is 44.9 Å². The number of rotatable bonds is 6. The summed E-state index contributed by atoms with van der Waals surface area (Å²) in [4.78, 5) is 2.37. The first kappa shape index (κ1) is 19.6. The quantitative estimate of drug-likeness (QED) is 0.825. The molecule has 3 rings (SSSR count). The Labute approximate surface area is 158 Å². The SMILES string of the molecule is CCc1cccc(N2CCC(NS(=O)(=O)N(C)C3CCCCC3)CC2)c1. The highest BCUT2D eigenvalue weighted by Crippen LogP contribution is 2.25. The number of aryl methyl sites for hydroxylation is 1. The molecule has 146 valence electrons. The summed E-state index contributed by atoms with van der Waals surface area (Å²) in [5.74, 6) is 0. The normalized spacial score (nSPS) is 20.7. The molecule has 2 aliphatic rings. The molecule has 2 fully saturated rings. The van der Waals surface area contributed by atoms with Crippen LogP contribution < -0.4 is 9.62 Å². The third kappa shape index (κ3) is 4.78. The van der Waals surface area contributed by atoms with Crippen LogP contribution in [0.1, 0.15) is 57.4 Å². The summed E-state index contributed by atoms with van der Waals surface area (Å²) in [5, 5.41) is 0. The molecule has 1 heterocycles. The molecule has 1 saturated carbocycles. The van der Waals surface area contributed by atoms with Crippen molar-refractivity contribution < 1.29 is 8.42 Å². The molecule has 5 nitrogen and oxygen atoms in total. The van der Waals surface area contributed by atoms with Crippen LogP contribution in [0.4, 0.5) is 5.69 Å². The maximum Gasteiger partial charge on any atom is 0.279 e. The van der Waals surface area contributed by atoms with Gasteiger partial charge in [0, 0.05) is 37.9 Å². The summed E-state index contributed by atoms with van der Waals surface area (Å²) >= 11 is 0. The molecule has 1 aromatic carbocycles. The second-order valence-electron chi connectivity index (χ2n) is 7.72. The van der Waals surface area contributed by atoms with Crippen molar-refractivity contribution in [3.63, 3.8) is 0 Å². The van der Waals surface area contributed by atoms with Gasteiger partial charge in [-0.2, -0.15) is 17.4 Å². The maximum atomic E-state index is 12.7. The molecule has 1 aliphatic heterocycles. The lowest BCUT2D eigenvalue weighted by atomic mass is 9.96. The highest BCUT2D eigenvalue weighted by Gasteiger charge is 2.30. The fraction of sp³-hybridized carbons (Fsp3) is 0.700. The van der Waals surface area contributed by atoms with Crippen LogP contribution >= 0.6 is 0 Å². The Morgan fingerprint density at radius 3 is 2.46 bits per heavy atom. The van der Waals surface area contributed by atoms with Crippen molar-refractivity contribution in [2.75, 3.05) is 25.0 Å². The predicted molar refractivity (Wildman–Crippen MR) is 108 cm³/mol. The minimum absolute atomic E-state index is 0.0386. The zero-order chi connectivity index (χ0) is 18.6. The van der Waals surface area contributed by atoms with Crippen molar-refractivity contribution in [3.05, 3.63) is 29.8 Å². The summed E-state index contributed by atoms with van der Waals surface area (Å²) in [6.45, 7) is 3.96. The van der Waals surface area contributed by atoms with Crippen LogP contribution in [0, 0.1) is 0 Å². The van der Waals surface area contributed by atoms with E-state index >= 15 is 0 Å². The molecule has 1 aromatic rings. The lowest BCUT2D eigenvalue weighted by Crippen LogP contribution is -2.51. The Hall–Kier alpha value is -1.11. The average molecular weight is 380 g/mol. The van der Waals surface area contributed by atoms with Gasteiger partial charge in [0.15, 0.2) is 0 Å². The average Bonchev–Trinajstić information content (AvgIpc) is 2.68. The zero-order valence-electron chi connectivity index (χ0n) is 16.2. The third-order valence-corrected chi connectivity index (χ3v) is 7.65. The Balaban J connectivity index is 1.54. The monoisotopic (exact) mass is 379 g/mol. The number of benzene rings is 1. The van der Waals surface area contributed by atoms with Gasteiger partial charge in [0.2, 0.25) is 0 Å². The van der Waals surface area contributed by atoms with Gasteiger partial charge >= 0.3 is 0 Å². The first-order chi connectivity index (χ1) is 12.5. The predicted octanol–water partition coefficient (Wildman–Crippen LogP) is 3.32. The van der Waals surface area contributed by atoms with Gasteiger partial charge in [-0.05, 0) is 49.8 Å². The molecule has 0 atom stereocenters. The second kappa shape index (κ2) is 8.72. The molecule has 26 heavy (non-hydrogen) atoms. The van der Waals surface area contributed by atoms with E-state index in [0.717, 1.165) is 58.0 Å². The molecular weight excluding hydrogens is 346 g/mol. The summed E-state index contributed by atoms with van der Waals surface area (Å²) in [6.07, 6.45) is 8.24. The van der Waals surface area contributed by atoms with E-state index in [0.29, 0.717) is 0 Å². The van der Waals surface area contributed by atoms with Crippen LogP contribution in [0.3, 0.4) is 0 Å². The number of hydrogen-bond acceptors (Lipinski definition) is 3.